The van der Waals surface area contributed by atoms with Crippen LogP contribution in [0.2, 0.25) is 0 Å². The molecule has 0 aromatic heterocycles. The van der Waals surface area contributed by atoms with E-state index in [2.05, 4.69) is 28.1 Å². The minimum absolute atomic E-state index is 0.0833. The molecule has 92 valence electrons. The minimum atomic E-state index is -0.0833. The molecule has 0 fully saturated rings. The van der Waals surface area contributed by atoms with Gasteiger partial charge in [0.25, 0.3) is 0 Å². The molecule has 2 aromatic carbocycles. The maximum atomic E-state index is 12.0. The summed E-state index contributed by atoms with van der Waals surface area (Å²) in [5.74, 6) is 0.150. The summed E-state index contributed by atoms with van der Waals surface area (Å²) in [4.78, 5) is 11.9. The van der Waals surface area contributed by atoms with Gasteiger partial charge in [0.1, 0.15) is 0 Å². The van der Waals surface area contributed by atoms with Crippen LogP contribution in [0.15, 0.2) is 54.6 Å². The molecule has 2 rings (SSSR count). The lowest BCUT2D eigenvalue weighted by Crippen LogP contribution is -2.12. The number of ketones is 1. The Hall–Kier alpha value is -1.41. The monoisotopic (exact) mass is 302 g/mol. The second-order valence-electron chi connectivity index (χ2n) is 4.18. The van der Waals surface area contributed by atoms with Gasteiger partial charge in [0, 0.05) is 5.56 Å². The zero-order chi connectivity index (χ0) is 13.0. The van der Waals surface area contributed by atoms with Crippen LogP contribution in [0.4, 0.5) is 0 Å². The van der Waals surface area contributed by atoms with Crippen molar-refractivity contribution in [2.75, 3.05) is 0 Å². The highest BCUT2D eigenvalue weighted by molar-refractivity contribution is 9.10. The summed E-state index contributed by atoms with van der Waals surface area (Å²) in [6, 6.07) is 17.9. The average molecular weight is 303 g/mol. The van der Waals surface area contributed by atoms with Crippen molar-refractivity contribution in [3.05, 3.63) is 60.2 Å². The zero-order valence-corrected chi connectivity index (χ0v) is 11.9. The number of halogens is 1. The molecule has 18 heavy (non-hydrogen) atoms. The number of hydrogen-bond acceptors (Lipinski definition) is 1. The Morgan fingerprint density at radius 1 is 1.00 bits per heavy atom. The Morgan fingerprint density at radius 2 is 1.56 bits per heavy atom. The summed E-state index contributed by atoms with van der Waals surface area (Å²) in [5.41, 5.74) is 3.07. The Kier molecular flexibility index (Phi) is 4.32. The highest BCUT2D eigenvalue weighted by Crippen LogP contribution is 2.21. The summed E-state index contributed by atoms with van der Waals surface area (Å²) in [5, 5.41) is 0. The Bertz CT molecular complexity index is 517. The van der Waals surface area contributed by atoms with E-state index in [1.54, 1.807) is 0 Å². The molecule has 0 bridgehead atoms. The van der Waals surface area contributed by atoms with Gasteiger partial charge in [0.2, 0.25) is 0 Å². The molecule has 0 N–H and O–H groups in total. The van der Waals surface area contributed by atoms with Gasteiger partial charge in [-0.05, 0) is 17.5 Å². The van der Waals surface area contributed by atoms with E-state index in [0.717, 1.165) is 17.5 Å². The van der Waals surface area contributed by atoms with Crippen molar-refractivity contribution < 1.29 is 4.79 Å². The molecule has 0 radical (unpaired) electrons. The molecule has 0 amide bonds. The van der Waals surface area contributed by atoms with Gasteiger partial charge in [-0.15, -0.1) is 0 Å². The molecule has 1 nitrogen and oxygen atoms in total. The number of carbonyl (C=O) groups excluding carboxylic acids is 1. The molecule has 0 heterocycles. The predicted octanol–water partition coefficient (Wildman–Crippen LogP) is 4.71. The molecule has 0 aliphatic heterocycles. The highest BCUT2D eigenvalue weighted by Gasteiger charge is 2.14. The van der Waals surface area contributed by atoms with Crippen molar-refractivity contribution in [2.45, 2.75) is 18.2 Å². The number of Topliss-reactive ketones (excluding diaryl/α,β-unsaturated/α-hetero) is 1. The van der Waals surface area contributed by atoms with E-state index in [-0.39, 0.29) is 10.6 Å². The van der Waals surface area contributed by atoms with Gasteiger partial charge in [-0.3, -0.25) is 4.79 Å². The first-order valence-corrected chi connectivity index (χ1v) is 6.97. The van der Waals surface area contributed by atoms with E-state index < -0.39 is 0 Å². The van der Waals surface area contributed by atoms with E-state index in [0.29, 0.717) is 0 Å². The average Bonchev–Trinajstić information content (AvgIpc) is 2.47. The first-order valence-electron chi connectivity index (χ1n) is 6.06. The van der Waals surface area contributed by atoms with Crippen LogP contribution in [-0.2, 0) is 0 Å². The fourth-order valence-corrected chi connectivity index (χ4v) is 2.09. The van der Waals surface area contributed by atoms with Gasteiger partial charge in [-0.1, -0.05) is 77.5 Å². The smallest absolute Gasteiger partial charge is 0.176 e. The van der Waals surface area contributed by atoms with E-state index in [9.17, 15) is 4.79 Å². The predicted molar refractivity (Wildman–Crippen MR) is 79.2 cm³/mol. The van der Waals surface area contributed by atoms with Gasteiger partial charge in [-0.25, -0.2) is 0 Å². The van der Waals surface area contributed by atoms with Crippen LogP contribution in [0.1, 0.15) is 23.7 Å². The normalized spacial score (nSPS) is 12.1. The minimum Gasteiger partial charge on any atom is -0.293 e. The first kappa shape index (κ1) is 13.0. The molecular formula is C16H15BrO. The molecule has 0 saturated heterocycles. The van der Waals surface area contributed by atoms with Crippen LogP contribution >= 0.6 is 15.9 Å². The van der Waals surface area contributed by atoms with Crippen LogP contribution < -0.4 is 0 Å². The number of benzene rings is 2. The topological polar surface area (TPSA) is 17.1 Å². The molecule has 0 aliphatic rings. The fraction of sp³-hybridized carbons (Fsp3) is 0.188. The Labute approximate surface area is 116 Å². The van der Waals surface area contributed by atoms with E-state index in [1.165, 1.54) is 5.56 Å². The largest absolute Gasteiger partial charge is 0.293 e. The summed E-state index contributed by atoms with van der Waals surface area (Å²) in [6.07, 6.45) is 0.805. The third kappa shape index (κ3) is 2.88. The number of rotatable bonds is 4. The molecule has 0 saturated carbocycles. The van der Waals surface area contributed by atoms with Gasteiger partial charge < -0.3 is 0 Å². The lowest BCUT2D eigenvalue weighted by molar-refractivity contribution is 0.0990. The van der Waals surface area contributed by atoms with Gasteiger partial charge in [0.05, 0.1) is 4.83 Å². The lowest BCUT2D eigenvalue weighted by atomic mass is 10.0. The van der Waals surface area contributed by atoms with E-state index in [4.69, 9.17) is 0 Å². The van der Waals surface area contributed by atoms with Crippen LogP contribution in [-0.4, -0.2) is 10.6 Å². The number of carbonyl (C=O) groups is 1. The third-order valence-electron chi connectivity index (χ3n) is 2.92. The first-order chi connectivity index (χ1) is 8.72. The quantitative estimate of drug-likeness (QED) is 0.590. The van der Waals surface area contributed by atoms with Crippen LogP contribution in [0, 0.1) is 0 Å². The Balaban J connectivity index is 2.23. The van der Waals surface area contributed by atoms with Crippen molar-refractivity contribution in [3.8, 4) is 11.1 Å². The maximum absolute atomic E-state index is 12.0. The van der Waals surface area contributed by atoms with Gasteiger partial charge in [0.15, 0.2) is 5.78 Å². The van der Waals surface area contributed by atoms with Crippen molar-refractivity contribution in [1.82, 2.24) is 0 Å². The lowest BCUT2D eigenvalue weighted by Gasteiger charge is -2.07. The molecule has 2 heteroatoms. The second kappa shape index (κ2) is 5.96. The highest BCUT2D eigenvalue weighted by atomic mass is 79.9. The molecule has 1 atom stereocenters. The van der Waals surface area contributed by atoms with Crippen LogP contribution in [0.5, 0.6) is 0 Å². The maximum Gasteiger partial charge on any atom is 0.176 e. The van der Waals surface area contributed by atoms with Crippen LogP contribution in [0.3, 0.4) is 0 Å². The van der Waals surface area contributed by atoms with E-state index in [1.807, 2.05) is 49.4 Å². The third-order valence-corrected chi connectivity index (χ3v) is 3.98. The summed E-state index contributed by atoms with van der Waals surface area (Å²) in [7, 11) is 0. The number of hydrogen-bond donors (Lipinski definition) is 0. The molecule has 0 spiro atoms. The second-order valence-corrected chi connectivity index (χ2v) is 5.29. The number of alkyl halides is 1. The summed E-state index contributed by atoms with van der Waals surface area (Å²) >= 11 is 3.39. The van der Waals surface area contributed by atoms with Crippen molar-refractivity contribution in [2.24, 2.45) is 0 Å². The van der Waals surface area contributed by atoms with Gasteiger partial charge >= 0.3 is 0 Å². The summed E-state index contributed by atoms with van der Waals surface area (Å²) in [6.45, 7) is 2.00. The fourth-order valence-electron chi connectivity index (χ4n) is 1.82. The molecule has 2 aromatic rings. The molecule has 0 aliphatic carbocycles. The van der Waals surface area contributed by atoms with Crippen molar-refractivity contribution in [3.63, 3.8) is 0 Å². The molecule has 1 unspecified atom stereocenters. The van der Waals surface area contributed by atoms with Crippen molar-refractivity contribution in [1.29, 1.82) is 0 Å². The SMILES string of the molecule is CCC(Br)C(=O)c1ccc(-c2ccccc2)cc1. The van der Waals surface area contributed by atoms with Gasteiger partial charge in [-0.2, -0.15) is 0 Å². The Morgan fingerprint density at radius 3 is 2.11 bits per heavy atom. The summed E-state index contributed by atoms with van der Waals surface area (Å²) < 4.78 is 0. The standard InChI is InChI=1S/C16H15BrO/c1-2-15(17)16(18)14-10-8-13(9-11-14)12-6-4-3-5-7-12/h3-11,15H,2H2,1H3. The zero-order valence-electron chi connectivity index (χ0n) is 10.3. The van der Waals surface area contributed by atoms with Crippen molar-refractivity contribution >= 4 is 21.7 Å². The molecular weight excluding hydrogens is 288 g/mol. The van der Waals surface area contributed by atoms with E-state index >= 15 is 0 Å². The van der Waals surface area contributed by atoms with Crippen LogP contribution in [0.25, 0.3) is 11.1 Å².